The normalized spacial score (nSPS) is 14.0. The Balaban J connectivity index is 0.00000338. The average molecular weight is 513 g/mol. The molecule has 0 saturated heterocycles. The van der Waals surface area contributed by atoms with E-state index in [1.165, 1.54) is 11.3 Å². The monoisotopic (exact) mass is 512 g/mol. The average Bonchev–Trinajstić information content (AvgIpc) is 3.24. The van der Waals surface area contributed by atoms with Crippen molar-refractivity contribution in [2.75, 3.05) is 33.7 Å². The van der Waals surface area contributed by atoms with Gasteiger partial charge in [-0.05, 0) is 45.3 Å². The van der Waals surface area contributed by atoms with Crippen LogP contribution in [0.3, 0.4) is 0 Å². The molecular weight excluding hydrogens is 487 g/mol. The molecule has 0 saturated carbocycles. The standard InChI is InChI=1S/C17H25ClN4O2S.HI/c1-4-19-17(21-11-13(23)15-7-8-16(18)25-15)20-10-12(22(2)3)14-6-5-9-24-14;/h5-9,12-13,23H,4,10-11H2,1-3H3,(H2,19,20,21);1H. The lowest BCUT2D eigenvalue weighted by atomic mass is 10.2. The van der Waals surface area contributed by atoms with E-state index in [2.05, 4.69) is 20.5 Å². The van der Waals surface area contributed by atoms with E-state index in [4.69, 9.17) is 16.0 Å². The first-order valence-corrected chi connectivity index (χ1v) is 9.36. The molecule has 2 unspecified atom stereocenters. The molecule has 0 aliphatic carbocycles. The zero-order valence-corrected chi connectivity index (χ0v) is 19.0. The second kappa shape index (κ2) is 11.8. The van der Waals surface area contributed by atoms with Crippen molar-refractivity contribution in [3.8, 4) is 0 Å². The highest BCUT2D eigenvalue weighted by atomic mass is 127. The van der Waals surface area contributed by atoms with Crippen LogP contribution in [0.4, 0.5) is 0 Å². The van der Waals surface area contributed by atoms with Crippen LogP contribution in [0, 0.1) is 0 Å². The van der Waals surface area contributed by atoms with E-state index in [9.17, 15) is 5.11 Å². The molecule has 2 aromatic heterocycles. The number of hydrogen-bond donors (Lipinski definition) is 3. The number of hydrogen-bond acceptors (Lipinski definition) is 5. The van der Waals surface area contributed by atoms with Gasteiger partial charge in [-0.25, -0.2) is 0 Å². The number of aliphatic hydroxyl groups excluding tert-OH is 1. The number of rotatable bonds is 8. The molecule has 0 amide bonds. The van der Waals surface area contributed by atoms with Crippen molar-refractivity contribution in [2.45, 2.75) is 19.1 Å². The van der Waals surface area contributed by atoms with E-state index in [1.54, 1.807) is 12.3 Å². The molecule has 2 aromatic rings. The predicted octanol–water partition coefficient (Wildman–Crippen LogP) is 3.50. The van der Waals surface area contributed by atoms with E-state index in [-0.39, 0.29) is 30.0 Å². The Morgan fingerprint density at radius 2 is 2.12 bits per heavy atom. The fraction of sp³-hybridized carbons (Fsp3) is 0.471. The van der Waals surface area contributed by atoms with Gasteiger partial charge in [0.1, 0.15) is 11.9 Å². The maximum atomic E-state index is 10.3. The summed E-state index contributed by atoms with van der Waals surface area (Å²) in [5.41, 5.74) is 0. The molecule has 0 aliphatic rings. The molecule has 2 heterocycles. The van der Waals surface area contributed by atoms with Crippen LogP contribution in [0.2, 0.25) is 4.34 Å². The third-order valence-electron chi connectivity index (χ3n) is 3.65. The van der Waals surface area contributed by atoms with Gasteiger partial charge in [0, 0.05) is 18.0 Å². The Hall–Kier alpha value is -0.810. The molecule has 0 aliphatic heterocycles. The zero-order chi connectivity index (χ0) is 18.2. The van der Waals surface area contributed by atoms with Crippen LogP contribution >= 0.6 is 46.9 Å². The number of nitrogens with zero attached hydrogens (tertiary/aromatic N) is 2. The van der Waals surface area contributed by atoms with Gasteiger partial charge in [-0.3, -0.25) is 9.89 Å². The van der Waals surface area contributed by atoms with Crippen molar-refractivity contribution >= 4 is 52.9 Å². The van der Waals surface area contributed by atoms with Crippen LogP contribution in [-0.2, 0) is 0 Å². The van der Waals surface area contributed by atoms with Crippen LogP contribution in [-0.4, -0.2) is 49.7 Å². The Bertz CT molecular complexity index is 664. The van der Waals surface area contributed by atoms with Gasteiger partial charge >= 0.3 is 0 Å². The zero-order valence-electron chi connectivity index (χ0n) is 15.1. The third-order valence-corrected chi connectivity index (χ3v) is 4.98. The van der Waals surface area contributed by atoms with Crippen molar-refractivity contribution in [3.05, 3.63) is 45.5 Å². The molecule has 3 N–H and O–H groups in total. The van der Waals surface area contributed by atoms with Crippen LogP contribution in [0.25, 0.3) is 0 Å². The SMILES string of the molecule is CCNC(=NCC(c1ccco1)N(C)C)NCC(O)c1ccc(Cl)s1.I. The van der Waals surface area contributed by atoms with E-state index < -0.39 is 6.10 Å². The van der Waals surface area contributed by atoms with E-state index in [0.717, 1.165) is 17.2 Å². The Morgan fingerprint density at radius 1 is 1.35 bits per heavy atom. The molecule has 26 heavy (non-hydrogen) atoms. The van der Waals surface area contributed by atoms with Gasteiger partial charge in [-0.15, -0.1) is 35.3 Å². The summed E-state index contributed by atoms with van der Waals surface area (Å²) in [6, 6.07) is 7.50. The van der Waals surface area contributed by atoms with Crippen LogP contribution in [0.1, 0.15) is 29.7 Å². The second-order valence-electron chi connectivity index (χ2n) is 5.75. The summed E-state index contributed by atoms with van der Waals surface area (Å²) in [6.07, 6.45) is 1.04. The molecule has 146 valence electrons. The lowest BCUT2D eigenvalue weighted by Gasteiger charge is -2.21. The molecule has 9 heteroatoms. The smallest absolute Gasteiger partial charge is 0.191 e. The van der Waals surface area contributed by atoms with Crippen molar-refractivity contribution in [1.29, 1.82) is 0 Å². The molecule has 0 bridgehead atoms. The number of likely N-dealkylation sites (N-methyl/N-ethyl adjacent to an activating group) is 1. The Kier molecular flexibility index (Phi) is 10.6. The minimum atomic E-state index is -0.629. The summed E-state index contributed by atoms with van der Waals surface area (Å²) in [7, 11) is 3.99. The van der Waals surface area contributed by atoms with Crippen molar-refractivity contribution in [3.63, 3.8) is 0 Å². The number of halogens is 2. The fourth-order valence-electron chi connectivity index (χ4n) is 2.31. The number of nitrogens with one attached hydrogen (secondary N) is 2. The van der Waals surface area contributed by atoms with Crippen molar-refractivity contribution < 1.29 is 9.52 Å². The largest absolute Gasteiger partial charge is 0.468 e. The number of aliphatic hydroxyl groups is 1. The Labute approximate surface area is 180 Å². The maximum absolute atomic E-state index is 10.3. The van der Waals surface area contributed by atoms with Gasteiger partial charge in [0.15, 0.2) is 5.96 Å². The molecular formula is C17H26ClIN4O2S. The number of aliphatic imine (C=N–C) groups is 1. The topological polar surface area (TPSA) is 73.0 Å². The summed E-state index contributed by atoms with van der Waals surface area (Å²) < 4.78 is 6.17. The summed E-state index contributed by atoms with van der Waals surface area (Å²) in [5, 5.41) is 16.6. The van der Waals surface area contributed by atoms with E-state index in [1.807, 2.05) is 39.2 Å². The molecule has 0 fully saturated rings. The first-order valence-electron chi connectivity index (χ1n) is 8.16. The van der Waals surface area contributed by atoms with E-state index in [0.29, 0.717) is 23.4 Å². The lowest BCUT2D eigenvalue weighted by Crippen LogP contribution is -2.40. The van der Waals surface area contributed by atoms with Gasteiger partial charge in [0.25, 0.3) is 0 Å². The summed E-state index contributed by atoms with van der Waals surface area (Å²) in [6.45, 7) is 3.63. The van der Waals surface area contributed by atoms with Gasteiger partial charge in [-0.2, -0.15) is 0 Å². The van der Waals surface area contributed by atoms with Crippen molar-refractivity contribution in [2.24, 2.45) is 4.99 Å². The summed E-state index contributed by atoms with van der Waals surface area (Å²) in [5.74, 6) is 1.53. The van der Waals surface area contributed by atoms with Crippen LogP contribution in [0.15, 0.2) is 39.9 Å². The van der Waals surface area contributed by atoms with Crippen LogP contribution < -0.4 is 10.6 Å². The lowest BCUT2D eigenvalue weighted by molar-refractivity contribution is 0.184. The minimum Gasteiger partial charge on any atom is -0.468 e. The Morgan fingerprint density at radius 3 is 2.65 bits per heavy atom. The fourth-order valence-corrected chi connectivity index (χ4v) is 3.36. The van der Waals surface area contributed by atoms with Crippen LogP contribution in [0.5, 0.6) is 0 Å². The van der Waals surface area contributed by atoms with Gasteiger partial charge in [0.05, 0.1) is 23.2 Å². The second-order valence-corrected chi connectivity index (χ2v) is 7.50. The van der Waals surface area contributed by atoms with Crippen molar-refractivity contribution in [1.82, 2.24) is 15.5 Å². The first kappa shape index (κ1) is 23.2. The minimum absolute atomic E-state index is 0. The third kappa shape index (κ3) is 7.07. The molecule has 0 aromatic carbocycles. The summed E-state index contributed by atoms with van der Waals surface area (Å²) >= 11 is 7.29. The highest BCUT2D eigenvalue weighted by molar-refractivity contribution is 14.0. The molecule has 0 radical (unpaired) electrons. The number of furan rings is 1. The maximum Gasteiger partial charge on any atom is 0.191 e. The molecule has 6 nitrogen and oxygen atoms in total. The first-order chi connectivity index (χ1) is 12.0. The molecule has 0 spiro atoms. The van der Waals surface area contributed by atoms with E-state index >= 15 is 0 Å². The molecule has 2 rings (SSSR count). The summed E-state index contributed by atoms with van der Waals surface area (Å²) in [4.78, 5) is 7.51. The quantitative estimate of drug-likeness (QED) is 0.287. The highest BCUT2D eigenvalue weighted by Gasteiger charge is 2.17. The van der Waals surface area contributed by atoms with Gasteiger partial charge in [0.2, 0.25) is 0 Å². The van der Waals surface area contributed by atoms with Gasteiger partial charge in [-0.1, -0.05) is 11.6 Å². The van der Waals surface area contributed by atoms with Gasteiger partial charge < -0.3 is 20.2 Å². The predicted molar refractivity (Wildman–Crippen MR) is 119 cm³/mol. The highest BCUT2D eigenvalue weighted by Crippen LogP contribution is 2.26. The number of guanidine groups is 1. The number of thiophene rings is 1. The molecule has 2 atom stereocenters.